The normalized spacial score (nSPS) is 24.0. The van der Waals surface area contributed by atoms with Gasteiger partial charge in [-0.1, -0.05) is 23.9 Å². The molecule has 0 saturated carbocycles. The Labute approximate surface area is 169 Å². The maximum Gasteiger partial charge on any atom is 0.413 e. The van der Waals surface area contributed by atoms with Crippen molar-refractivity contribution in [1.29, 1.82) is 0 Å². The summed E-state index contributed by atoms with van der Waals surface area (Å²) in [6.07, 6.45) is 5.44. The highest BCUT2D eigenvalue weighted by Gasteiger charge is 2.43. The van der Waals surface area contributed by atoms with Crippen LogP contribution in [-0.4, -0.2) is 32.8 Å². The maximum atomic E-state index is 12.2. The molecule has 28 heavy (non-hydrogen) atoms. The van der Waals surface area contributed by atoms with E-state index in [4.69, 9.17) is 9.73 Å². The molecule has 6 nitrogen and oxygen atoms in total. The summed E-state index contributed by atoms with van der Waals surface area (Å²) in [6.45, 7) is 7.75. The molecule has 1 aliphatic heterocycles. The number of nitrogens with one attached hydrogen (secondary N) is 2. The van der Waals surface area contributed by atoms with Crippen molar-refractivity contribution in [3.05, 3.63) is 41.7 Å². The standard InChI is InChI=1S/C21H26N4O2S/c1-20(2,3)27-19(26)24-18-25-21(4)16(12-28-18)8-7-13-5-6-14(9-17(13)21)15-10-22-23-11-15/h5-6,9-11,16H,7-8,12H2,1-4H3,(H,22,23)(H,24,25,26)/t16-,21+/m1/s1. The minimum absolute atomic E-state index is 0.358. The molecule has 4 rings (SSSR count). The van der Waals surface area contributed by atoms with E-state index in [9.17, 15) is 4.79 Å². The molecule has 1 aliphatic carbocycles. The number of rotatable bonds is 1. The molecule has 1 aromatic heterocycles. The van der Waals surface area contributed by atoms with Crippen LogP contribution in [0.5, 0.6) is 0 Å². The van der Waals surface area contributed by atoms with Crippen LogP contribution in [0, 0.1) is 5.92 Å². The third-order valence-electron chi connectivity index (χ3n) is 5.41. The van der Waals surface area contributed by atoms with Crippen molar-refractivity contribution >= 4 is 23.0 Å². The molecule has 1 aromatic carbocycles. The Kier molecular flexibility index (Phi) is 4.73. The van der Waals surface area contributed by atoms with Gasteiger partial charge in [-0.15, -0.1) is 0 Å². The fraction of sp³-hybridized carbons (Fsp3) is 0.476. The Morgan fingerprint density at radius 3 is 2.89 bits per heavy atom. The fourth-order valence-corrected chi connectivity index (χ4v) is 5.22. The number of thioether (sulfide) groups is 1. The van der Waals surface area contributed by atoms with Crippen LogP contribution in [0.1, 0.15) is 45.2 Å². The number of aromatic amines is 1. The van der Waals surface area contributed by atoms with Crippen LogP contribution >= 0.6 is 11.8 Å². The highest BCUT2D eigenvalue weighted by atomic mass is 32.2. The molecule has 2 aliphatic rings. The van der Waals surface area contributed by atoms with Gasteiger partial charge in [-0.2, -0.15) is 5.10 Å². The second-order valence-corrected chi connectivity index (χ2v) is 9.61. The number of amides is 1. The van der Waals surface area contributed by atoms with Crippen LogP contribution < -0.4 is 5.32 Å². The van der Waals surface area contributed by atoms with Crippen molar-refractivity contribution in [2.24, 2.45) is 10.9 Å². The minimum atomic E-state index is -0.534. The Bertz CT molecular complexity index is 917. The van der Waals surface area contributed by atoms with Crippen molar-refractivity contribution in [2.75, 3.05) is 5.75 Å². The first kappa shape index (κ1) is 19.1. The molecule has 0 radical (unpaired) electrons. The van der Waals surface area contributed by atoms with Gasteiger partial charge in [0.25, 0.3) is 0 Å². The van der Waals surface area contributed by atoms with E-state index < -0.39 is 11.7 Å². The zero-order valence-electron chi connectivity index (χ0n) is 16.7. The van der Waals surface area contributed by atoms with Crippen LogP contribution in [0.2, 0.25) is 0 Å². The molecule has 0 unspecified atom stereocenters. The summed E-state index contributed by atoms with van der Waals surface area (Å²) >= 11 is 1.60. The van der Waals surface area contributed by atoms with Gasteiger partial charge in [-0.25, -0.2) is 4.79 Å². The van der Waals surface area contributed by atoms with Gasteiger partial charge < -0.3 is 4.74 Å². The van der Waals surface area contributed by atoms with Crippen LogP contribution in [0.4, 0.5) is 4.79 Å². The molecule has 0 fully saturated rings. The summed E-state index contributed by atoms with van der Waals surface area (Å²) in [5, 5.41) is 10.4. The number of H-pyrrole nitrogens is 1. The number of carbonyl (C=O) groups is 1. The number of amidine groups is 1. The Morgan fingerprint density at radius 1 is 1.36 bits per heavy atom. The molecule has 148 valence electrons. The maximum absolute atomic E-state index is 12.2. The van der Waals surface area contributed by atoms with Gasteiger partial charge in [0.2, 0.25) is 0 Å². The first-order chi connectivity index (χ1) is 13.2. The molecule has 0 saturated heterocycles. The highest BCUT2D eigenvalue weighted by Crippen LogP contribution is 2.47. The monoisotopic (exact) mass is 398 g/mol. The topological polar surface area (TPSA) is 79.4 Å². The number of hydrogen-bond acceptors (Lipinski definition) is 5. The molecule has 1 amide bonds. The van der Waals surface area contributed by atoms with Gasteiger partial charge in [-0.3, -0.25) is 15.4 Å². The van der Waals surface area contributed by atoms with Crippen LogP contribution in [-0.2, 0) is 16.7 Å². The number of aromatic nitrogens is 2. The van der Waals surface area contributed by atoms with Gasteiger partial charge in [0.15, 0.2) is 5.17 Å². The lowest BCUT2D eigenvalue weighted by Gasteiger charge is -2.43. The van der Waals surface area contributed by atoms with E-state index >= 15 is 0 Å². The van der Waals surface area contributed by atoms with Gasteiger partial charge in [0.05, 0.1) is 11.7 Å². The molecule has 2 N–H and O–H groups in total. The second kappa shape index (κ2) is 6.95. The Balaban J connectivity index is 1.67. The molecule has 7 heteroatoms. The smallest absolute Gasteiger partial charge is 0.413 e. The number of alkyl carbamates (subject to hydrolysis) is 1. The third kappa shape index (κ3) is 3.68. The minimum Gasteiger partial charge on any atom is -0.444 e. The SMILES string of the molecule is CC(C)(C)OC(=O)NC1=N[C@]2(C)c3cc(-c4cn[nH]c4)ccc3CC[C@@H]2CS1. The van der Waals surface area contributed by atoms with E-state index in [1.165, 1.54) is 11.1 Å². The third-order valence-corrected chi connectivity index (χ3v) is 6.44. The van der Waals surface area contributed by atoms with Crippen molar-refractivity contribution < 1.29 is 9.53 Å². The summed E-state index contributed by atoms with van der Waals surface area (Å²) < 4.78 is 5.39. The van der Waals surface area contributed by atoms with Crippen LogP contribution in [0.15, 0.2) is 35.6 Å². The van der Waals surface area contributed by atoms with Crippen molar-refractivity contribution in [3.63, 3.8) is 0 Å². The van der Waals surface area contributed by atoms with E-state index in [-0.39, 0.29) is 5.54 Å². The number of ether oxygens (including phenoxy) is 1. The van der Waals surface area contributed by atoms with Gasteiger partial charge in [-0.05, 0) is 69.2 Å². The number of hydrogen-bond donors (Lipinski definition) is 2. The predicted molar refractivity (Wildman–Crippen MR) is 112 cm³/mol. The van der Waals surface area contributed by atoms with Gasteiger partial charge >= 0.3 is 6.09 Å². The molecular weight excluding hydrogens is 372 g/mol. The lowest BCUT2D eigenvalue weighted by Crippen LogP contribution is -2.44. The number of fused-ring (bicyclic) bond motifs is 3. The summed E-state index contributed by atoms with van der Waals surface area (Å²) in [6, 6.07) is 6.59. The predicted octanol–water partition coefficient (Wildman–Crippen LogP) is 4.48. The zero-order valence-corrected chi connectivity index (χ0v) is 17.5. The number of carbonyl (C=O) groups excluding carboxylic acids is 1. The van der Waals surface area contributed by atoms with E-state index in [0.717, 1.165) is 29.7 Å². The van der Waals surface area contributed by atoms with Gasteiger partial charge in [0, 0.05) is 17.5 Å². The molecule has 2 atom stereocenters. The van der Waals surface area contributed by atoms with E-state index in [1.807, 2.05) is 33.2 Å². The number of aryl methyl sites for hydroxylation is 1. The number of benzene rings is 1. The molecule has 0 bridgehead atoms. The summed E-state index contributed by atoms with van der Waals surface area (Å²) in [7, 11) is 0. The molecule has 2 aromatic rings. The molecule has 2 heterocycles. The first-order valence-corrected chi connectivity index (χ1v) is 10.6. The Hall–Kier alpha value is -2.28. The summed E-state index contributed by atoms with van der Waals surface area (Å²) in [4.78, 5) is 17.2. The highest BCUT2D eigenvalue weighted by molar-refractivity contribution is 8.13. The van der Waals surface area contributed by atoms with E-state index in [1.54, 1.807) is 11.8 Å². The lowest BCUT2D eigenvalue weighted by molar-refractivity contribution is 0.0564. The van der Waals surface area contributed by atoms with Crippen molar-refractivity contribution in [1.82, 2.24) is 15.5 Å². The van der Waals surface area contributed by atoms with Crippen LogP contribution in [0.25, 0.3) is 11.1 Å². The molecular formula is C21H26N4O2S. The summed E-state index contributed by atoms with van der Waals surface area (Å²) in [5.74, 6) is 1.37. The van der Waals surface area contributed by atoms with E-state index in [0.29, 0.717) is 11.1 Å². The second-order valence-electron chi connectivity index (χ2n) is 8.60. The quantitative estimate of drug-likeness (QED) is 0.742. The average Bonchev–Trinajstić information content (AvgIpc) is 3.14. The number of nitrogens with zero attached hydrogens (tertiary/aromatic N) is 2. The Morgan fingerprint density at radius 2 is 2.18 bits per heavy atom. The zero-order chi connectivity index (χ0) is 19.9. The van der Waals surface area contributed by atoms with Crippen LogP contribution in [0.3, 0.4) is 0 Å². The van der Waals surface area contributed by atoms with Crippen molar-refractivity contribution in [3.8, 4) is 11.1 Å². The average molecular weight is 399 g/mol. The number of aliphatic imine (C=N–C) groups is 1. The van der Waals surface area contributed by atoms with E-state index in [2.05, 4.69) is 40.6 Å². The summed E-state index contributed by atoms with van der Waals surface area (Å²) in [5.41, 5.74) is 3.87. The fourth-order valence-electron chi connectivity index (χ4n) is 3.96. The largest absolute Gasteiger partial charge is 0.444 e. The lowest BCUT2D eigenvalue weighted by atomic mass is 9.70. The van der Waals surface area contributed by atoms with Crippen molar-refractivity contribution in [2.45, 2.75) is 51.7 Å². The first-order valence-electron chi connectivity index (χ1n) is 9.60. The molecule has 0 spiro atoms. The van der Waals surface area contributed by atoms with Gasteiger partial charge in [0.1, 0.15) is 5.60 Å².